The van der Waals surface area contributed by atoms with Gasteiger partial charge < -0.3 is 10.2 Å². The van der Waals surface area contributed by atoms with Crippen molar-refractivity contribution in [3.05, 3.63) is 52.5 Å². The molecule has 11 heteroatoms. The van der Waals surface area contributed by atoms with Crippen LogP contribution in [-0.4, -0.2) is 42.6 Å². The summed E-state index contributed by atoms with van der Waals surface area (Å²) < 4.78 is 79.3. The molecular formula is C19H18ClF6N3O. The fourth-order valence-electron chi connectivity index (χ4n) is 2.72. The van der Waals surface area contributed by atoms with E-state index in [1.807, 2.05) is 5.32 Å². The van der Waals surface area contributed by atoms with E-state index in [0.29, 0.717) is 12.8 Å². The summed E-state index contributed by atoms with van der Waals surface area (Å²) in [6, 6.07) is 2.66. The maximum atomic E-state index is 14.1. The summed E-state index contributed by atoms with van der Waals surface area (Å²) >= 11 is 5.60. The normalized spacial score (nSPS) is 15.0. The molecule has 0 aliphatic heterocycles. The lowest BCUT2D eigenvalue weighted by Crippen LogP contribution is -2.39. The highest BCUT2D eigenvalue weighted by molar-refractivity contribution is 6.31. The molecule has 1 fully saturated rings. The van der Waals surface area contributed by atoms with E-state index in [1.165, 1.54) is 6.07 Å². The first-order valence-corrected chi connectivity index (χ1v) is 9.06. The van der Waals surface area contributed by atoms with Crippen LogP contribution in [-0.2, 0) is 11.0 Å². The van der Waals surface area contributed by atoms with Crippen LogP contribution in [0.5, 0.6) is 0 Å². The standard InChI is InChI=1S/C19H18ClF6N3O/c1-9(10-3-6-13(20)12(7-10)19(24,25)26)8-29(11-4-5-11)18(30)14(17(23)28-2)15(27)16(21)22/h3,6-7,11,16,27-28H,1,4-5,8H2,2H3/b17-14+,27-15?. The number of amides is 1. The Balaban J connectivity index is 2.35. The molecule has 0 bridgehead atoms. The SMILES string of the molecule is C=C(CN(C(=O)/C(C(=N)C(F)F)=C(\F)NC)C1CC1)c1ccc(Cl)c(C(F)(F)F)c1. The van der Waals surface area contributed by atoms with Crippen LogP contribution in [0.25, 0.3) is 5.57 Å². The van der Waals surface area contributed by atoms with Gasteiger partial charge in [0.15, 0.2) is 0 Å². The molecule has 0 radical (unpaired) electrons. The molecule has 4 nitrogen and oxygen atoms in total. The minimum atomic E-state index is -4.71. The van der Waals surface area contributed by atoms with Crippen LogP contribution in [0.4, 0.5) is 26.3 Å². The Morgan fingerprint density at radius 3 is 2.43 bits per heavy atom. The molecule has 1 aliphatic carbocycles. The molecule has 1 aromatic rings. The summed E-state index contributed by atoms with van der Waals surface area (Å²) in [5, 5.41) is 8.82. The largest absolute Gasteiger partial charge is 0.417 e. The predicted octanol–water partition coefficient (Wildman–Crippen LogP) is 5.05. The molecule has 1 amide bonds. The summed E-state index contributed by atoms with van der Waals surface area (Å²) in [6.07, 6.45) is -7.09. The van der Waals surface area contributed by atoms with E-state index in [9.17, 15) is 31.1 Å². The molecular weight excluding hydrogens is 436 g/mol. The van der Waals surface area contributed by atoms with Gasteiger partial charge in [-0.3, -0.25) is 10.2 Å². The Bertz CT molecular complexity index is 893. The zero-order valence-electron chi connectivity index (χ0n) is 15.7. The number of hydrogen-bond acceptors (Lipinski definition) is 3. The number of nitrogens with zero attached hydrogens (tertiary/aromatic N) is 1. The van der Waals surface area contributed by atoms with Crippen molar-refractivity contribution in [1.82, 2.24) is 10.2 Å². The molecule has 0 unspecified atom stereocenters. The minimum Gasteiger partial charge on any atom is -0.364 e. The fourth-order valence-corrected chi connectivity index (χ4v) is 2.94. The number of rotatable bonds is 8. The second kappa shape index (κ2) is 9.11. The highest BCUT2D eigenvalue weighted by Crippen LogP contribution is 2.37. The first-order chi connectivity index (χ1) is 13.9. The van der Waals surface area contributed by atoms with Gasteiger partial charge in [0.05, 0.1) is 10.6 Å². The van der Waals surface area contributed by atoms with E-state index in [4.69, 9.17) is 17.0 Å². The van der Waals surface area contributed by atoms with Gasteiger partial charge >= 0.3 is 6.18 Å². The number of halogens is 7. The maximum absolute atomic E-state index is 14.1. The highest BCUT2D eigenvalue weighted by atomic mass is 35.5. The van der Waals surface area contributed by atoms with Crippen LogP contribution < -0.4 is 5.32 Å². The number of benzene rings is 1. The molecule has 0 saturated heterocycles. The Morgan fingerprint density at radius 2 is 1.97 bits per heavy atom. The van der Waals surface area contributed by atoms with Crippen LogP contribution in [0, 0.1) is 5.41 Å². The van der Waals surface area contributed by atoms with E-state index in [-0.39, 0.29) is 17.7 Å². The van der Waals surface area contributed by atoms with E-state index in [1.54, 1.807) is 0 Å². The van der Waals surface area contributed by atoms with Crippen molar-refractivity contribution in [1.29, 1.82) is 5.41 Å². The minimum absolute atomic E-state index is 0.0359. The zero-order valence-corrected chi connectivity index (χ0v) is 16.5. The first-order valence-electron chi connectivity index (χ1n) is 8.68. The Hall–Kier alpha value is -2.49. The van der Waals surface area contributed by atoms with Gasteiger partial charge in [0, 0.05) is 19.6 Å². The third-order valence-corrected chi connectivity index (χ3v) is 4.76. The number of carbonyl (C=O) groups is 1. The molecule has 0 atom stereocenters. The maximum Gasteiger partial charge on any atom is 0.417 e. The molecule has 1 aromatic carbocycles. The van der Waals surface area contributed by atoms with Crippen LogP contribution >= 0.6 is 11.6 Å². The average molecular weight is 454 g/mol. The van der Waals surface area contributed by atoms with E-state index >= 15 is 0 Å². The fraction of sp³-hybridized carbons (Fsp3) is 0.368. The summed E-state index contributed by atoms with van der Waals surface area (Å²) in [5.74, 6) is -2.56. The van der Waals surface area contributed by atoms with Gasteiger partial charge in [-0.05, 0) is 36.1 Å². The Kier molecular flexibility index (Phi) is 7.23. The molecule has 164 valence electrons. The van der Waals surface area contributed by atoms with Crippen molar-refractivity contribution < 1.29 is 31.1 Å². The number of hydrogen-bond donors (Lipinski definition) is 2. The quantitative estimate of drug-likeness (QED) is 0.250. The van der Waals surface area contributed by atoms with Gasteiger partial charge in [0.2, 0.25) is 5.95 Å². The summed E-state index contributed by atoms with van der Waals surface area (Å²) in [6.45, 7) is 3.35. The predicted molar refractivity (Wildman–Crippen MR) is 101 cm³/mol. The Morgan fingerprint density at radius 1 is 1.37 bits per heavy atom. The number of nitrogens with one attached hydrogen (secondary N) is 2. The van der Waals surface area contributed by atoms with Crippen LogP contribution in [0.15, 0.2) is 36.3 Å². The van der Waals surface area contributed by atoms with Gasteiger partial charge in [-0.2, -0.15) is 17.6 Å². The van der Waals surface area contributed by atoms with Crippen LogP contribution in [0.3, 0.4) is 0 Å². The van der Waals surface area contributed by atoms with Crippen molar-refractivity contribution in [2.45, 2.75) is 31.5 Å². The van der Waals surface area contributed by atoms with E-state index in [0.717, 1.165) is 24.1 Å². The van der Waals surface area contributed by atoms with E-state index in [2.05, 4.69) is 6.58 Å². The molecule has 2 N–H and O–H groups in total. The van der Waals surface area contributed by atoms with Gasteiger partial charge in [0.25, 0.3) is 12.3 Å². The molecule has 30 heavy (non-hydrogen) atoms. The van der Waals surface area contributed by atoms with Gasteiger partial charge in [-0.15, -0.1) is 0 Å². The van der Waals surface area contributed by atoms with Gasteiger partial charge in [-0.1, -0.05) is 24.2 Å². The van der Waals surface area contributed by atoms with Crippen molar-refractivity contribution in [3.63, 3.8) is 0 Å². The monoisotopic (exact) mass is 453 g/mol. The van der Waals surface area contributed by atoms with Crippen molar-refractivity contribution >= 4 is 28.8 Å². The smallest absolute Gasteiger partial charge is 0.364 e. The highest BCUT2D eigenvalue weighted by Gasteiger charge is 2.38. The molecule has 0 aromatic heterocycles. The lowest BCUT2D eigenvalue weighted by atomic mass is 10.0. The van der Waals surface area contributed by atoms with Crippen molar-refractivity contribution in [2.24, 2.45) is 0 Å². The Labute approximate surface area is 173 Å². The number of carbonyl (C=O) groups excluding carboxylic acids is 1. The molecule has 1 aliphatic rings. The summed E-state index contributed by atoms with van der Waals surface area (Å²) in [4.78, 5) is 13.8. The van der Waals surface area contributed by atoms with Gasteiger partial charge in [-0.25, -0.2) is 8.78 Å². The second-order valence-corrected chi connectivity index (χ2v) is 7.02. The van der Waals surface area contributed by atoms with E-state index < -0.39 is 52.4 Å². The summed E-state index contributed by atoms with van der Waals surface area (Å²) in [5.41, 5.74) is -3.60. The first kappa shape index (κ1) is 23.8. The third kappa shape index (κ3) is 5.35. The van der Waals surface area contributed by atoms with Crippen LogP contribution in [0.2, 0.25) is 5.02 Å². The molecule has 0 spiro atoms. The lowest BCUT2D eigenvalue weighted by Gasteiger charge is -2.25. The lowest BCUT2D eigenvalue weighted by molar-refractivity contribution is -0.137. The average Bonchev–Trinajstić information content (AvgIpc) is 3.49. The number of alkyl halides is 5. The molecule has 1 saturated carbocycles. The topological polar surface area (TPSA) is 56.2 Å². The van der Waals surface area contributed by atoms with Gasteiger partial charge in [0.1, 0.15) is 11.3 Å². The van der Waals surface area contributed by atoms with Crippen molar-refractivity contribution in [2.75, 3.05) is 13.6 Å². The second-order valence-electron chi connectivity index (χ2n) is 6.61. The molecule has 0 heterocycles. The molecule has 2 rings (SSSR count). The van der Waals surface area contributed by atoms with Crippen LogP contribution in [0.1, 0.15) is 24.0 Å². The zero-order chi connectivity index (χ0) is 22.8. The third-order valence-electron chi connectivity index (χ3n) is 4.43. The summed E-state index contributed by atoms with van der Waals surface area (Å²) in [7, 11) is 1.06. The van der Waals surface area contributed by atoms with Crippen molar-refractivity contribution in [3.8, 4) is 0 Å².